The first kappa shape index (κ1) is 21.5. The molecule has 0 aliphatic rings. The standard InChI is InChI=1S/C22H29NS2Se/c1-6-22(5,16-10-13-18(4)12-9-11-17(2)3)26-25-21-23-19-14-7-8-15-20(19)24-21/h6-8,11,13-15H,1,9-10,12,16H2,2-5H3/b18-13+. The molecule has 1 atom stereocenters. The second-order valence-electron chi connectivity index (χ2n) is 7.04. The van der Waals surface area contributed by atoms with Crippen LogP contribution < -0.4 is 0 Å². The Morgan fingerprint density at radius 2 is 2.00 bits per heavy atom. The first-order valence-corrected chi connectivity index (χ1v) is 13.6. The van der Waals surface area contributed by atoms with Gasteiger partial charge in [0, 0.05) is 0 Å². The summed E-state index contributed by atoms with van der Waals surface area (Å²) in [4.78, 5) is 4.75. The van der Waals surface area contributed by atoms with E-state index < -0.39 is 0 Å². The van der Waals surface area contributed by atoms with Gasteiger partial charge in [-0.2, -0.15) is 0 Å². The van der Waals surface area contributed by atoms with Gasteiger partial charge in [0.05, 0.1) is 0 Å². The van der Waals surface area contributed by atoms with Gasteiger partial charge in [-0.05, 0) is 0 Å². The Bertz CT molecular complexity index is 753. The monoisotopic (exact) mass is 451 g/mol. The van der Waals surface area contributed by atoms with E-state index in [1.165, 1.54) is 26.6 Å². The van der Waals surface area contributed by atoms with Gasteiger partial charge in [0.2, 0.25) is 0 Å². The van der Waals surface area contributed by atoms with Crippen LogP contribution in [0.1, 0.15) is 53.4 Å². The van der Waals surface area contributed by atoms with Crippen LogP contribution in [-0.2, 0) is 0 Å². The molecule has 0 aliphatic heterocycles. The van der Waals surface area contributed by atoms with Crippen LogP contribution in [0.4, 0.5) is 0 Å². The SMILES string of the molecule is C=CC(C)(CC/C=C(\C)CCC=C(C)C)[Se]Sc1nc2ccccc2s1. The maximum atomic E-state index is 4.75. The molecule has 2 aromatic rings. The number of benzene rings is 1. The quantitative estimate of drug-likeness (QED) is 0.270. The molecule has 1 heterocycles. The van der Waals surface area contributed by atoms with Crippen LogP contribution in [0.3, 0.4) is 0 Å². The second-order valence-corrected chi connectivity index (χ2v) is 13.1. The van der Waals surface area contributed by atoms with Crippen LogP contribution in [0, 0.1) is 0 Å². The van der Waals surface area contributed by atoms with E-state index in [2.05, 4.69) is 76.8 Å². The van der Waals surface area contributed by atoms with Crippen molar-refractivity contribution < 1.29 is 0 Å². The number of hydrogen-bond acceptors (Lipinski definition) is 3. The molecule has 0 bridgehead atoms. The van der Waals surface area contributed by atoms with Crippen LogP contribution in [-0.4, -0.2) is 18.8 Å². The number of para-hydroxylation sites is 1. The van der Waals surface area contributed by atoms with Gasteiger partial charge in [0.1, 0.15) is 0 Å². The Morgan fingerprint density at radius 3 is 2.69 bits per heavy atom. The number of allylic oxidation sites excluding steroid dienone is 5. The first-order chi connectivity index (χ1) is 12.4. The van der Waals surface area contributed by atoms with Gasteiger partial charge in [0.25, 0.3) is 0 Å². The van der Waals surface area contributed by atoms with E-state index in [1.807, 2.05) is 10.2 Å². The molecule has 0 fully saturated rings. The summed E-state index contributed by atoms with van der Waals surface area (Å²) in [5, 5.41) is 0. The van der Waals surface area contributed by atoms with Gasteiger partial charge in [-0.25, -0.2) is 0 Å². The van der Waals surface area contributed by atoms with Crippen molar-refractivity contribution in [3.05, 3.63) is 60.2 Å². The fourth-order valence-electron chi connectivity index (χ4n) is 2.49. The Labute approximate surface area is 172 Å². The third kappa shape index (κ3) is 7.07. The van der Waals surface area contributed by atoms with Gasteiger partial charge in [-0.3, -0.25) is 0 Å². The van der Waals surface area contributed by atoms with Gasteiger partial charge in [-0.1, -0.05) is 0 Å². The van der Waals surface area contributed by atoms with E-state index in [4.69, 9.17) is 4.98 Å². The molecule has 1 aromatic carbocycles. The Kier molecular flexibility index (Phi) is 8.69. The van der Waals surface area contributed by atoms with Crippen LogP contribution in [0.15, 0.2) is 64.6 Å². The molecule has 1 nitrogen and oxygen atoms in total. The van der Waals surface area contributed by atoms with E-state index in [9.17, 15) is 0 Å². The number of rotatable bonds is 10. The topological polar surface area (TPSA) is 12.9 Å². The van der Waals surface area contributed by atoms with Crippen molar-refractivity contribution in [3.63, 3.8) is 0 Å². The van der Waals surface area contributed by atoms with Gasteiger partial charge in [0.15, 0.2) is 0 Å². The zero-order valence-electron chi connectivity index (χ0n) is 16.2. The van der Waals surface area contributed by atoms with E-state index in [0.29, 0.717) is 13.8 Å². The molecular formula is C22H29NS2Se. The second kappa shape index (κ2) is 10.5. The fraction of sp³-hybridized carbons (Fsp3) is 0.409. The predicted molar refractivity (Wildman–Crippen MR) is 121 cm³/mol. The van der Waals surface area contributed by atoms with Crippen molar-refractivity contribution in [3.8, 4) is 0 Å². The number of thiazole rings is 1. The third-order valence-electron chi connectivity index (χ3n) is 4.23. The molecule has 0 saturated heterocycles. The summed E-state index contributed by atoms with van der Waals surface area (Å²) in [6.07, 6.45) is 11.5. The average Bonchev–Trinajstić information content (AvgIpc) is 3.03. The van der Waals surface area contributed by atoms with Crippen molar-refractivity contribution in [1.29, 1.82) is 0 Å². The van der Waals surface area contributed by atoms with Gasteiger partial charge in [-0.15, -0.1) is 0 Å². The molecule has 26 heavy (non-hydrogen) atoms. The third-order valence-corrected chi connectivity index (χ3v) is 11.7. The van der Waals surface area contributed by atoms with Gasteiger partial charge < -0.3 is 0 Å². The molecular weight excluding hydrogens is 421 g/mol. The van der Waals surface area contributed by atoms with Crippen LogP contribution >= 0.6 is 21.5 Å². The molecule has 0 N–H and O–H groups in total. The number of hydrogen-bond donors (Lipinski definition) is 0. The van der Waals surface area contributed by atoms with E-state index in [0.717, 1.165) is 24.8 Å². The zero-order valence-corrected chi connectivity index (χ0v) is 19.6. The Morgan fingerprint density at radius 1 is 1.23 bits per heavy atom. The van der Waals surface area contributed by atoms with Gasteiger partial charge >= 0.3 is 173 Å². The first-order valence-electron chi connectivity index (χ1n) is 9.06. The summed E-state index contributed by atoms with van der Waals surface area (Å²) in [7, 11) is 1.92. The van der Waals surface area contributed by atoms with Crippen molar-refractivity contribution >= 4 is 45.6 Å². The van der Waals surface area contributed by atoms with Crippen molar-refractivity contribution in [1.82, 2.24) is 4.98 Å². The van der Waals surface area contributed by atoms with Crippen molar-refractivity contribution in [2.75, 3.05) is 0 Å². The number of aromatic nitrogens is 1. The average molecular weight is 451 g/mol. The van der Waals surface area contributed by atoms with E-state index in [-0.39, 0.29) is 4.31 Å². The summed E-state index contributed by atoms with van der Waals surface area (Å²) in [6, 6.07) is 8.39. The molecule has 2 rings (SSSR count). The van der Waals surface area contributed by atoms with E-state index >= 15 is 0 Å². The summed E-state index contributed by atoms with van der Waals surface area (Å²) >= 11 is 2.20. The summed E-state index contributed by atoms with van der Waals surface area (Å²) in [5.41, 5.74) is 4.03. The van der Waals surface area contributed by atoms with Crippen LogP contribution in [0.2, 0.25) is 4.31 Å². The molecule has 0 spiro atoms. The van der Waals surface area contributed by atoms with Crippen LogP contribution in [0.5, 0.6) is 0 Å². The summed E-state index contributed by atoms with van der Waals surface area (Å²) in [5.74, 6) is 0. The molecule has 0 amide bonds. The molecule has 4 heteroatoms. The molecule has 1 unspecified atom stereocenters. The van der Waals surface area contributed by atoms with Crippen molar-refractivity contribution in [2.45, 2.75) is 62.0 Å². The Hall–Kier alpha value is -0.801. The number of fused-ring (bicyclic) bond motifs is 1. The van der Waals surface area contributed by atoms with E-state index in [1.54, 1.807) is 11.3 Å². The Balaban J connectivity index is 1.85. The molecule has 1 aromatic heterocycles. The normalized spacial score (nSPS) is 14.2. The minimum absolute atomic E-state index is 0.201. The minimum atomic E-state index is 0.201. The van der Waals surface area contributed by atoms with Crippen LogP contribution in [0.25, 0.3) is 10.2 Å². The summed E-state index contributed by atoms with van der Waals surface area (Å²) in [6.45, 7) is 13.0. The van der Waals surface area contributed by atoms with Crippen molar-refractivity contribution in [2.24, 2.45) is 0 Å². The molecule has 0 radical (unpaired) electrons. The summed E-state index contributed by atoms with van der Waals surface area (Å²) < 4.78 is 2.67. The molecule has 140 valence electrons. The predicted octanol–water partition coefficient (Wildman–Crippen LogP) is 7.85. The molecule has 0 saturated carbocycles. The fourth-order valence-corrected chi connectivity index (χ4v) is 8.40. The number of nitrogens with zero attached hydrogens (tertiary/aromatic N) is 1. The molecule has 0 aliphatic carbocycles. The zero-order chi connectivity index (χ0) is 19.0. The maximum absolute atomic E-state index is 4.75.